The van der Waals surface area contributed by atoms with Crippen LogP contribution in [0.25, 0.3) is 11.5 Å². The first-order chi connectivity index (χ1) is 6.65. The number of nitrogens with zero attached hydrogens (tertiary/aromatic N) is 2. The van der Waals surface area contributed by atoms with E-state index in [2.05, 4.69) is 26.1 Å². The Labute approximate surface area is 89.3 Å². The van der Waals surface area contributed by atoms with E-state index in [1.165, 1.54) is 0 Å². The molecule has 0 fully saturated rings. The zero-order valence-electron chi connectivity index (χ0n) is 7.49. The van der Waals surface area contributed by atoms with Gasteiger partial charge in [-0.05, 0) is 30.7 Å². The SMILES string of the molecule is Cc1cc(Br)cc(-c2nnc(N)o2)c1. The Hall–Kier alpha value is -1.36. The first-order valence-electron chi connectivity index (χ1n) is 4.02. The number of hydrogen-bond donors (Lipinski definition) is 1. The third-order valence-corrected chi connectivity index (χ3v) is 2.19. The van der Waals surface area contributed by atoms with Crippen molar-refractivity contribution in [2.24, 2.45) is 0 Å². The number of rotatable bonds is 1. The zero-order valence-corrected chi connectivity index (χ0v) is 9.08. The van der Waals surface area contributed by atoms with Crippen LogP contribution >= 0.6 is 15.9 Å². The predicted molar refractivity (Wildman–Crippen MR) is 56.6 cm³/mol. The largest absolute Gasteiger partial charge is 0.404 e. The van der Waals surface area contributed by atoms with E-state index in [1.54, 1.807) is 0 Å². The van der Waals surface area contributed by atoms with Gasteiger partial charge in [-0.15, -0.1) is 5.10 Å². The molecule has 0 bridgehead atoms. The number of nitrogen functional groups attached to an aromatic ring is 1. The van der Waals surface area contributed by atoms with E-state index < -0.39 is 0 Å². The van der Waals surface area contributed by atoms with E-state index in [0.717, 1.165) is 15.6 Å². The highest BCUT2D eigenvalue weighted by atomic mass is 79.9. The fraction of sp³-hybridized carbons (Fsp3) is 0.111. The summed E-state index contributed by atoms with van der Waals surface area (Å²) in [5, 5.41) is 7.40. The van der Waals surface area contributed by atoms with Crippen molar-refractivity contribution in [1.29, 1.82) is 0 Å². The number of aromatic nitrogens is 2. The Morgan fingerprint density at radius 1 is 1.29 bits per heavy atom. The maximum Gasteiger partial charge on any atom is 0.313 e. The molecule has 0 amide bonds. The minimum absolute atomic E-state index is 0.0811. The van der Waals surface area contributed by atoms with E-state index in [4.69, 9.17) is 10.2 Å². The molecule has 0 saturated heterocycles. The number of halogens is 1. The van der Waals surface area contributed by atoms with Crippen LogP contribution in [0.1, 0.15) is 5.56 Å². The second-order valence-electron chi connectivity index (χ2n) is 2.96. The molecule has 1 aromatic carbocycles. The molecule has 0 atom stereocenters. The van der Waals surface area contributed by atoms with Crippen LogP contribution in [-0.4, -0.2) is 10.2 Å². The fourth-order valence-electron chi connectivity index (χ4n) is 1.21. The number of nitrogens with two attached hydrogens (primary N) is 1. The standard InChI is InChI=1S/C9H8BrN3O/c1-5-2-6(4-7(10)3-5)8-12-13-9(11)14-8/h2-4H,1H3,(H2,11,13). The topological polar surface area (TPSA) is 64.9 Å². The first-order valence-corrected chi connectivity index (χ1v) is 4.81. The average molecular weight is 254 g/mol. The average Bonchev–Trinajstić information content (AvgIpc) is 2.50. The van der Waals surface area contributed by atoms with Crippen molar-refractivity contribution in [2.45, 2.75) is 6.92 Å². The minimum Gasteiger partial charge on any atom is -0.404 e. The van der Waals surface area contributed by atoms with Crippen LogP contribution < -0.4 is 5.73 Å². The van der Waals surface area contributed by atoms with Crippen molar-refractivity contribution < 1.29 is 4.42 Å². The van der Waals surface area contributed by atoms with Crippen molar-refractivity contribution in [1.82, 2.24) is 10.2 Å². The first kappa shape index (κ1) is 9.21. The van der Waals surface area contributed by atoms with Gasteiger partial charge >= 0.3 is 6.01 Å². The van der Waals surface area contributed by atoms with Gasteiger partial charge in [0, 0.05) is 10.0 Å². The van der Waals surface area contributed by atoms with Gasteiger partial charge in [0.15, 0.2) is 0 Å². The molecule has 0 saturated carbocycles. The second-order valence-corrected chi connectivity index (χ2v) is 3.88. The molecule has 4 nitrogen and oxygen atoms in total. The summed E-state index contributed by atoms with van der Waals surface area (Å²) in [6.07, 6.45) is 0. The minimum atomic E-state index is 0.0811. The lowest BCUT2D eigenvalue weighted by Crippen LogP contribution is -1.81. The Morgan fingerprint density at radius 3 is 2.64 bits per heavy atom. The molecule has 0 spiro atoms. The van der Waals surface area contributed by atoms with E-state index in [-0.39, 0.29) is 6.01 Å². The maximum atomic E-state index is 5.34. The van der Waals surface area contributed by atoms with Crippen LogP contribution in [0, 0.1) is 6.92 Å². The van der Waals surface area contributed by atoms with Crippen LogP contribution in [0.4, 0.5) is 6.01 Å². The van der Waals surface area contributed by atoms with Crippen LogP contribution in [-0.2, 0) is 0 Å². The summed E-state index contributed by atoms with van der Waals surface area (Å²) in [7, 11) is 0. The van der Waals surface area contributed by atoms with Crippen molar-refractivity contribution in [3.05, 3.63) is 28.2 Å². The van der Waals surface area contributed by atoms with Gasteiger partial charge in [0.1, 0.15) is 0 Å². The Kier molecular flexibility index (Phi) is 2.25. The van der Waals surface area contributed by atoms with E-state index >= 15 is 0 Å². The normalized spacial score (nSPS) is 10.4. The predicted octanol–water partition coefficient (Wildman–Crippen LogP) is 2.39. The Bertz CT molecular complexity index is 447. The fourth-order valence-corrected chi connectivity index (χ4v) is 1.82. The molecule has 0 unspecified atom stereocenters. The lowest BCUT2D eigenvalue weighted by Gasteiger charge is -1.98. The van der Waals surface area contributed by atoms with Gasteiger partial charge in [-0.1, -0.05) is 21.0 Å². The number of anilines is 1. The molecule has 2 N–H and O–H groups in total. The van der Waals surface area contributed by atoms with Gasteiger partial charge in [0.2, 0.25) is 5.89 Å². The number of aryl methyl sites for hydroxylation is 1. The highest BCUT2D eigenvalue weighted by Crippen LogP contribution is 2.24. The van der Waals surface area contributed by atoms with Crippen LogP contribution in [0.3, 0.4) is 0 Å². The molecule has 1 heterocycles. The molecule has 2 rings (SSSR count). The van der Waals surface area contributed by atoms with Gasteiger partial charge < -0.3 is 10.2 Å². The van der Waals surface area contributed by atoms with Crippen molar-refractivity contribution in [3.8, 4) is 11.5 Å². The molecule has 1 aromatic heterocycles. The molecular weight excluding hydrogens is 246 g/mol. The van der Waals surface area contributed by atoms with Crippen LogP contribution in [0.5, 0.6) is 0 Å². The summed E-state index contributed by atoms with van der Waals surface area (Å²) in [4.78, 5) is 0. The molecule has 2 aromatic rings. The van der Waals surface area contributed by atoms with Crippen LogP contribution in [0.15, 0.2) is 27.1 Å². The summed E-state index contributed by atoms with van der Waals surface area (Å²) in [5.74, 6) is 0.437. The van der Waals surface area contributed by atoms with Gasteiger partial charge in [-0.25, -0.2) is 0 Å². The van der Waals surface area contributed by atoms with Crippen molar-refractivity contribution >= 4 is 21.9 Å². The smallest absolute Gasteiger partial charge is 0.313 e. The van der Waals surface area contributed by atoms with Crippen LogP contribution in [0.2, 0.25) is 0 Å². The lowest BCUT2D eigenvalue weighted by molar-refractivity contribution is 0.590. The molecule has 0 radical (unpaired) electrons. The van der Waals surface area contributed by atoms with Gasteiger partial charge in [-0.3, -0.25) is 0 Å². The molecule has 5 heteroatoms. The molecule has 0 aliphatic heterocycles. The highest BCUT2D eigenvalue weighted by Gasteiger charge is 2.07. The number of benzene rings is 1. The Morgan fingerprint density at radius 2 is 2.07 bits per heavy atom. The lowest BCUT2D eigenvalue weighted by atomic mass is 10.1. The summed E-state index contributed by atoms with van der Waals surface area (Å²) < 4.78 is 6.09. The summed E-state index contributed by atoms with van der Waals surface area (Å²) in [6.45, 7) is 1.99. The molecule has 0 aliphatic rings. The van der Waals surface area contributed by atoms with E-state index in [1.807, 2.05) is 25.1 Å². The molecule has 72 valence electrons. The monoisotopic (exact) mass is 253 g/mol. The highest BCUT2D eigenvalue weighted by molar-refractivity contribution is 9.10. The van der Waals surface area contributed by atoms with Gasteiger partial charge in [0.05, 0.1) is 0 Å². The zero-order chi connectivity index (χ0) is 10.1. The molecule has 0 aliphatic carbocycles. The number of hydrogen-bond acceptors (Lipinski definition) is 4. The third-order valence-electron chi connectivity index (χ3n) is 1.73. The van der Waals surface area contributed by atoms with Gasteiger partial charge in [0.25, 0.3) is 0 Å². The second kappa shape index (κ2) is 3.42. The molecular formula is C9H8BrN3O. The summed E-state index contributed by atoms with van der Waals surface area (Å²) in [6, 6.07) is 5.94. The van der Waals surface area contributed by atoms with Crippen molar-refractivity contribution in [2.75, 3.05) is 5.73 Å². The summed E-state index contributed by atoms with van der Waals surface area (Å²) in [5.41, 5.74) is 7.32. The molecule has 14 heavy (non-hydrogen) atoms. The quantitative estimate of drug-likeness (QED) is 0.848. The Balaban J connectivity index is 2.51. The van der Waals surface area contributed by atoms with E-state index in [9.17, 15) is 0 Å². The van der Waals surface area contributed by atoms with Crippen molar-refractivity contribution in [3.63, 3.8) is 0 Å². The third kappa shape index (κ3) is 1.77. The summed E-state index contributed by atoms with van der Waals surface area (Å²) >= 11 is 3.40. The maximum absolute atomic E-state index is 5.34. The van der Waals surface area contributed by atoms with E-state index in [0.29, 0.717) is 5.89 Å². The van der Waals surface area contributed by atoms with Gasteiger partial charge in [-0.2, -0.15) is 0 Å².